The Balaban J connectivity index is 2.66. The molecular weight excluding hydrogens is 206 g/mol. The molecule has 0 aliphatic heterocycles. The third-order valence-electron chi connectivity index (χ3n) is 2.46. The lowest BCUT2D eigenvalue weighted by molar-refractivity contribution is -0.145. The number of methoxy groups -OCH3 is 2. The highest BCUT2D eigenvalue weighted by Crippen LogP contribution is 2.14. The van der Waals surface area contributed by atoms with E-state index >= 15 is 0 Å². The summed E-state index contributed by atoms with van der Waals surface area (Å²) in [6.45, 7) is 0.290. The number of benzene rings is 1. The van der Waals surface area contributed by atoms with Crippen LogP contribution in [0.25, 0.3) is 0 Å². The zero-order chi connectivity index (χ0) is 12.0. The molecule has 1 unspecified atom stereocenters. The van der Waals surface area contributed by atoms with E-state index in [1.807, 2.05) is 24.3 Å². The highest BCUT2D eigenvalue weighted by Gasteiger charge is 2.17. The fourth-order valence-electron chi connectivity index (χ4n) is 1.48. The predicted molar refractivity (Wildman–Crippen MR) is 61.3 cm³/mol. The molecule has 1 atom stereocenters. The van der Waals surface area contributed by atoms with Crippen LogP contribution in [0.2, 0.25) is 0 Å². The van der Waals surface area contributed by atoms with E-state index in [4.69, 9.17) is 10.5 Å². The molecule has 2 N–H and O–H groups in total. The molecule has 0 aliphatic rings. The van der Waals surface area contributed by atoms with E-state index in [0.717, 1.165) is 11.3 Å². The van der Waals surface area contributed by atoms with Gasteiger partial charge in [0.2, 0.25) is 0 Å². The number of rotatable bonds is 5. The first kappa shape index (κ1) is 12.5. The van der Waals surface area contributed by atoms with Crippen molar-refractivity contribution in [2.75, 3.05) is 20.8 Å². The van der Waals surface area contributed by atoms with Crippen LogP contribution in [0.4, 0.5) is 0 Å². The van der Waals surface area contributed by atoms with E-state index < -0.39 is 0 Å². The van der Waals surface area contributed by atoms with Crippen molar-refractivity contribution in [2.24, 2.45) is 11.7 Å². The first-order valence-electron chi connectivity index (χ1n) is 5.12. The zero-order valence-corrected chi connectivity index (χ0v) is 9.60. The van der Waals surface area contributed by atoms with Crippen molar-refractivity contribution in [3.8, 4) is 5.75 Å². The van der Waals surface area contributed by atoms with Crippen molar-refractivity contribution in [1.82, 2.24) is 0 Å². The fraction of sp³-hybridized carbons (Fsp3) is 0.417. The van der Waals surface area contributed by atoms with Gasteiger partial charge in [0, 0.05) is 6.54 Å². The van der Waals surface area contributed by atoms with Crippen LogP contribution in [0.3, 0.4) is 0 Å². The average molecular weight is 223 g/mol. The van der Waals surface area contributed by atoms with Crippen LogP contribution >= 0.6 is 0 Å². The van der Waals surface area contributed by atoms with Crippen LogP contribution < -0.4 is 10.5 Å². The van der Waals surface area contributed by atoms with Gasteiger partial charge in [0.25, 0.3) is 0 Å². The average Bonchev–Trinajstić information content (AvgIpc) is 2.35. The normalized spacial score (nSPS) is 11.9. The third-order valence-corrected chi connectivity index (χ3v) is 2.46. The van der Waals surface area contributed by atoms with Crippen LogP contribution in [0.5, 0.6) is 5.75 Å². The van der Waals surface area contributed by atoms with Gasteiger partial charge in [-0.15, -0.1) is 0 Å². The summed E-state index contributed by atoms with van der Waals surface area (Å²) < 4.78 is 9.73. The molecule has 1 aromatic rings. The quantitative estimate of drug-likeness (QED) is 0.756. The van der Waals surface area contributed by atoms with Gasteiger partial charge in [-0.1, -0.05) is 12.1 Å². The Morgan fingerprint density at radius 2 is 1.94 bits per heavy atom. The van der Waals surface area contributed by atoms with E-state index in [0.29, 0.717) is 13.0 Å². The van der Waals surface area contributed by atoms with Crippen molar-refractivity contribution in [1.29, 1.82) is 0 Å². The summed E-state index contributed by atoms with van der Waals surface area (Å²) in [5.74, 6) is 0.253. The van der Waals surface area contributed by atoms with Gasteiger partial charge in [-0.3, -0.25) is 4.79 Å². The summed E-state index contributed by atoms with van der Waals surface area (Å²) >= 11 is 0. The molecule has 4 heteroatoms. The predicted octanol–water partition coefficient (Wildman–Crippen LogP) is 0.986. The molecule has 0 radical (unpaired) electrons. The molecule has 0 heterocycles. The summed E-state index contributed by atoms with van der Waals surface area (Å²) in [5.41, 5.74) is 6.57. The minimum absolute atomic E-state index is 0.265. The molecule has 0 fully saturated rings. The second-order valence-corrected chi connectivity index (χ2v) is 3.51. The highest BCUT2D eigenvalue weighted by molar-refractivity contribution is 5.72. The van der Waals surface area contributed by atoms with Crippen molar-refractivity contribution in [3.63, 3.8) is 0 Å². The number of carbonyl (C=O) groups excluding carboxylic acids is 1. The Hall–Kier alpha value is -1.55. The lowest BCUT2D eigenvalue weighted by atomic mass is 9.99. The Morgan fingerprint density at radius 3 is 2.38 bits per heavy atom. The van der Waals surface area contributed by atoms with E-state index in [1.165, 1.54) is 7.11 Å². The van der Waals surface area contributed by atoms with E-state index in [9.17, 15) is 4.79 Å². The standard InChI is InChI=1S/C12H17NO3/c1-15-11-5-3-9(4-6-11)7-10(8-13)12(14)16-2/h3-6,10H,7-8,13H2,1-2H3. The Morgan fingerprint density at radius 1 is 1.31 bits per heavy atom. The maximum absolute atomic E-state index is 11.3. The van der Waals surface area contributed by atoms with Crippen LogP contribution in [0, 0.1) is 5.92 Å². The van der Waals surface area contributed by atoms with Crippen molar-refractivity contribution in [2.45, 2.75) is 6.42 Å². The minimum Gasteiger partial charge on any atom is -0.497 e. The number of hydrogen-bond donors (Lipinski definition) is 1. The summed E-state index contributed by atoms with van der Waals surface area (Å²) in [6, 6.07) is 7.56. The van der Waals surface area contributed by atoms with Crippen LogP contribution in [-0.2, 0) is 16.0 Å². The lowest BCUT2D eigenvalue weighted by Gasteiger charge is -2.12. The van der Waals surface area contributed by atoms with Gasteiger partial charge in [-0.25, -0.2) is 0 Å². The monoisotopic (exact) mass is 223 g/mol. The Labute approximate surface area is 95.3 Å². The van der Waals surface area contributed by atoms with Gasteiger partial charge in [-0.05, 0) is 24.1 Å². The number of ether oxygens (including phenoxy) is 2. The number of nitrogens with two attached hydrogens (primary N) is 1. The van der Waals surface area contributed by atoms with Crippen molar-refractivity contribution >= 4 is 5.97 Å². The zero-order valence-electron chi connectivity index (χ0n) is 9.60. The molecule has 0 aromatic heterocycles. The topological polar surface area (TPSA) is 61.5 Å². The van der Waals surface area contributed by atoms with Gasteiger partial charge in [0.1, 0.15) is 5.75 Å². The molecule has 1 rings (SSSR count). The summed E-state index contributed by atoms with van der Waals surface area (Å²) in [4.78, 5) is 11.3. The molecule has 1 aromatic carbocycles. The first-order chi connectivity index (χ1) is 7.71. The second kappa shape index (κ2) is 6.12. The van der Waals surface area contributed by atoms with Crippen LogP contribution in [0.15, 0.2) is 24.3 Å². The number of esters is 1. The minimum atomic E-state index is -0.279. The SMILES string of the molecule is COC(=O)C(CN)Cc1ccc(OC)cc1. The Bertz CT molecular complexity index is 335. The molecule has 0 saturated carbocycles. The van der Waals surface area contributed by atoms with E-state index in [-0.39, 0.29) is 11.9 Å². The lowest BCUT2D eigenvalue weighted by Crippen LogP contribution is -2.26. The number of carbonyl (C=O) groups is 1. The van der Waals surface area contributed by atoms with Gasteiger partial charge in [-0.2, -0.15) is 0 Å². The second-order valence-electron chi connectivity index (χ2n) is 3.51. The molecule has 0 bridgehead atoms. The fourth-order valence-corrected chi connectivity index (χ4v) is 1.48. The van der Waals surface area contributed by atoms with Gasteiger partial charge >= 0.3 is 5.97 Å². The summed E-state index contributed by atoms with van der Waals surface area (Å²) in [5, 5.41) is 0. The molecule has 0 saturated heterocycles. The third kappa shape index (κ3) is 3.24. The van der Waals surface area contributed by atoms with Crippen LogP contribution in [0.1, 0.15) is 5.56 Å². The molecule has 0 spiro atoms. The molecule has 16 heavy (non-hydrogen) atoms. The summed E-state index contributed by atoms with van der Waals surface area (Å²) in [7, 11) is 2.99. The van der Waals surface area contributed by atoms with Crippen LogP contribution in [-0.4, -0.2) is 26.7 Å². The molecule has 4 nitrogen and oxygen atoms in total. The van der Waals surface area contributed by atoms with Gasteiger partial charge < -0.3 is 15.2 Å². The molecular formula is C12H17NO3. The van der Waals surface area contributed by atoms with E-state index in [1.54, 1.807) is 7.11 Å². The Kier molecular flexibility index (Phi) is 4.79. The van der Waals surface area contributed by atoms with Crippen molar-refractivity contribution < 1.29 is 14.3 Å². The first-order valence-corrected chi connectivity index (χ1v) is 5.12. The van der Waals surface area contributed by atoms with E-state index in [2.05, 4.69) is 4.74 Å². The van der Waals surface area contributed by atoms with Gasteiger partial charge in [0.15, 0.2) is 0 Å². The largest absolute Gasteiger partial charge is 0.497 e. The van der Waals surface area contributed by atoms with Crippen molar-refractivity contribution in [3.05, 3.63) is 29.8 Å². The number of hydrogen-bond acceptors (Lipinski definition) is 4. The molecule has 88 valence electrons. The summed E-state index contributed by atoms with van der Waals surface area (Å²) in [6.07, 6.45) is 0.590. The van der Waals surface area contributed by atoms with Gasteiger partial charge in [0.05, 0.1) is 20.1 Å². The molecule has 0 amide bonds. The molecule has 0 aliphatic carbocycles. The maximum atomic E-state index is 11.3. The maximum Gasteiger partial charge on any atom is 0.310 e. The smallest absolute Gasteiger partial charge is 0.310 e. The highest BCUT2D eigenvalue weighted by atomic mass is 16.5.